The van der Waals surface area contributed by atoms with E-state index in [-0.39, 0.29) is 0 Å². The standard InChI is InChI=1S/C9H12N4O2S/c1-13(2)16(14,15)12-9-5-3-4-8-7(9)6-10-11-8/h3-6,12H,1-2H3,(H,10,11). The van der Waals surface area contributed by atoms with Gasteiger partial charge in [0.25, 0.3) is 0 Å². The summed E-state index contributed by atoms with van der Waals surface area (Å²) >= 11 is 0. The van der Waals surface area contributed by atoms with Gasteiger partial charge in [0.15, 0.2) is 0 Å². The molecule has 0 amide bonds. The summed E-state index contributed by atoms with van der Waals surface area (Å²) in [6.45, 7) is 0. The van der Waals surface area contributed by atoms with Crippen molar-refractivity contribution < 1.29 is 8.42 Å². The van der Waals surface area contributed by atoms with Gasteiger partial charge in [0.2, 0.25) is 0 Å². The molecule has 86 valence electrons. The molecule has 0 unspecified atom stereocenters. The topological polar surface area (TPSA) is 78.1 Å². The van der Waals surface area contributed by atoms with Crippen molar-refractivity contribution in [3.63, 3.8) is 0 Å². The summed E-state index contributed by atoms with van der Waals surface area (Å²) in [6, 6.07) is 5.28. The van der Waals surface area contributed by atoms with Crippen LogP contribution in [0.15, 0.2) is 24.4 Å². The van der Waals surface area contributed by atoms with Crippen LogP contribution in [0.4, 0.5) is 5.69 Å². The largest absolute Gasteiger partial charge is 0.301 e. The maximum atomic E-state index is 11.6. The highest BCUT2D eigenvalue weighted by molar-refractivity contribution is 7.90. The molecular weight excluding hydrogens is 228 g/mol. The number of nitrogens with one attached hydrogen (secondary N) is 2. The summed E-state index contributed by atoms with van der Waals surface area (Å²) in [4.78, 5) is 0. The molecule has 1 aromatic heterocycles. The van der Waals surface area contributed by atoms with E-state index in [9.17, 15) is 8.42 Å². The van der Waals surface area contributed by atoms with E-state index in [0.717, 1.165) is 15.2 Å². The summed E-state index contributed by atoms with van der Waals surface area (Å²) < 4.78 is 26.9. The van der Waals surface area contributed by atoms with E-state index >= 15 is 0 Å². The highest BCUT2D eigenvalue weighted by atomic mass is 32.2. The number of anilines is 1. The van der Waals surface area contributed by atoms with Crippen LogP contribution < -0.4 is 4.72 Å². The van der Waals surface area contributed by atoms with E-state index in [4.69, 9.17) is 0 Å². The Morgan fingerprint density at radius 1 is 1.38 bits per heavy atom. The van der Waals surface area contributed by atoms with Crippen molar-refractivity contribution >= 4 is 26.8 Å². The number of rotatable bonds is 3. The molecule has 16 heavy (non-hydrogen) atoms. The molecule has 2 rings (SSSR count). The van der Waals surface area contributed by atoms with Gasteiger partial charge in [0.1, 0.15) is 0 Å². The van der Waals surface area contributed by atoms with Crippen LogP contribution in [-0.4, -0.2) is 37.0 Å². The molecule has 1 aromatic carbocycles. The summed E-state index contributed by atoms with van der Waals surface area (Å²) in [7, 11) is -0.539. The second-order valence-electron chi connectivity index (χ2n) is 3.53. The lowest BCUT2D eigenvalue weighted by Gasteiger charge is -2.13. The van der Waals surface area contributed by atoms with Gasteiger partial charge < -0.3 is 0 Å². The predicted octanol–water partition coefficient (Wildman–Crippen LogP) is 0.781. The Balaban J connectivity index is 2.46. The van der Waals surface area contributed by atoms with Crippen LogP contribution in [0, 0.1) is 0 Å². The molecule has 7 heteroatoms. The molecule has 1 heterocycles. The van der Waals surface area contributed by atoms with Crippen LogP contribution in [0.2, 0.25) is 0 Å². The van der Waals surface area contributed by atoms with Gasteiger partial charge in [0.05, 0.1) is 17.4 Å². The number of hydrogen-bond donors (Lipinski definition) is 2. The van der Waals surface area contributed by atoms with Gasteiger partial charge >= 0.3 is 10.2 Å². The van der Waals surface area contributed by atoms with Gasteiger partial charge in [-0.3, -0.25) is 9.82 Å². The second-order valence-corrected chi connectivity index (χ2v) is 5.41. The van der Waals surface area contributed by atoms with Gasteiger partial charge in [-0.1, -0.05) is 6.07 Å². The van der Waals surface area contributed by atoms with Crippen molar-refractivity contribution in [3.8, 4) is 0 Å². The first-order valence-corrected chi connectivity index (χ1v) is 6.07. The minimum absolute atomic E-state index is 0.514. The minimum atomic E-state index is -3.48. The predicted molar refractivity (Wildman–Crippen MR) is 62.3 cm³/mol. The van der Waals surface area contributed by atoms with E-state index in [0.29, 0.717) is 5.69 Å². The molecule has 0 bridgehead atoms. The lowest BCUT2D eigenvalue weighted by molar-refractivity contribution is 0.527. The van der Waals surface area contributed by atoms with E-state index in [1.54, 1.807) is 18.3 Å². The van der Waals surface area contributed by atoms with Crippen LogP contribution in [0.25, 0.3) is 10.9 Å². The number of H-pyrrole nitrogens is 1. The zero-order chi connectivity index (χ0) is 11.8. The van der Waals surface area contributed by atoms with Gasteiger partial charge in [-0.15, -0.1) is 0 Å². The zero-order valence-corrected chi connectivity index (χ0v) is 9.75. The second kappa shape index (κ2) is 3.76. The smallest absolute Gasteiger partial charge is 0.278 e. The molecule has 0 fully saturated rings. The number of benzene rings is 1. The Bertz CT molecular complexity index is 603. The fourth-order valence-corrected chi connectivity index (χ4v) is 1.93. The van der Waals surface area contributed by atoms with Gasteiger partial charge in [-0.2, -0.15) is 17.8 Å². The Morgan fingerprint density at radius 2 is 2.12 bits per heavy atom. The van der Waals surface area contributed by atoms with Crippen molar-refractivity contribution in [1.82, 2.24) is 14.5 Å². The fraction of sp³-hybridized carbons (Fsp3) is 0.222. The lowest BCUT2D eigenvalue weighted by atomic mass is 10.2. The Morgan fingerprint density at radius 3 is 2.81 bits per heavy atom. The van der Waals surface area contributed by atoms with Gasteiger partial charge in [-0.05, 0) is 12.1 Å². The Kier molecular flexibility index (Phi) is 2.56. The average molecular weight is 240 g/mol. The quantitative estimate of drug-likeness (QED) is 0.832. The van der Waals surface area contributed by atoms with Crippen molar-refractivity contribution in [2.24, 2.45) is 0 Å². The first-order valence-electron chi connectivity index (χ1n) is 4.63. The summed E-state index contributed by atoms with van der Waals surface area (Å²) in [5.41, 5.74) is 1.30. The van der Waals surface area contributed by atoms with E-state index in [1.807, 2.05) is 6.07 Å². The Hall–Kier alpha value is -1.60. The van der Waals surface area contributed by atoms with E-state index in [1.165, 1.54) is 14.1 Å². The highest BCUT2D eigenvalue weighted by Gasteiger charge is 2.14. The molecule has 0 saturated heterocycles. The van der Waals surface area contributed by atoms with Crippen LogP contribution in [0.1, 0.15) is 0 Å². The third kappa shape index (κ3) is 1.86. The number of aromatic amines is 1. The maximum Gasteiger partial charge on any atom is 0.301 e. The Labute approximate surface area is 93.4 Å². The molecular formula is C9H12N4O2S. The molecule has 0 saturated carbocycles. The molecule has 0 radical (unpaired) electrons. The van der Waals surface area contributed by atoms with Crippen LogP contribution >= 0.6 is 0 Å². The molecule has 0 aliphatic rings. The van der Waals surface area contributed by atoms with E-state index < -0.39 is 10.2 Å². The normalized spacial score (nSPS) is 12.2. The first-order chi connectivity index (χ1) is 7.50. The minimum Gasteiger partial charge on any atom is -0.278 e. The first kappa shape index (κ1) is 10.9. The highest BCUT2D eigenvalue weighted by Crippen LogP contribution is 2.22. The molecule has 2 N–H and O–H groups in total. The van der Waals surface area contributed by atoms with E-state index in [2.05, 4.69) is 14.9 Å². The van der Waals surface area contributed by atoms with Gasteiger partial charge in [-0.25, -0.2) is 0 Å². The fourth-order valence-electron chi connectivity index (χ4n) is 1.29. The number of aromatic nitrogens is 2. The molecule has 0 aliphatic heterocycles. The number of fused-ring (bicyclic) bond motifs is 1. The summed E-state index contributed by atoms with van der Waals surface area (Å²) in [5, 5.41) is 7.38. The summed E-state index contributed by atoms with van der Waals surface area (Å²) in [6.07, 6.45) is 1.59. The van der Waals surface area contributed by atoms with Crippen LogP contribution in [-0.2, 0) is 10.2 Å². The third-order valence-corrected chi connectivity index (χ3v) is 3.64. The van der Waals surface area contributed by atoms with Crippen molar-refractivity contribution in [2.45, 2.75) is 0 Å². The molecule has 2 aromatic rings. The zero-order valence-electron chi connectivity index (χ0n) is 8.93. The average Bonchev–Trinajstić information content (AvgIpc) is 2.65. The third-order valence-electron chi connectivity index (χ3n) is 2.20. The van der Waals surface area contributed by atoms with Crippen molar-refractivity contribution in [3.05, 3.63) is 24.4 Å². The molecule has 0 aliphatic carbocycles. The molecule has 0 atom stereocenters. The lowest BCUT2D eigenvalue weighted by Crippen LogP contribution is -2.28. The number of nitrogens with zero attached hydrogens (tertiary/aromatic N) is 2. The maximum absolute atomic E-state index is 11.6. The molecule has 6 nitrogen and oxygen atoms in total. The van der Waals surface area contributed by atoms with Crippen LogP contribution in [0.3, 0.4) is 0 Å². The summed E-state index contributed by atoms with van der Waals surface area (Å²) in [5.74, 6) is 0. The van der Waals surface area contributed by atoms with Crippen molar-refractivity contribution in [1.29, 1.82) is 0 Å². The SMILES string of the molecule is CN(C)S(=O)(=O)Nc1cccc2[nH]ncc12. The monoisotopic (exact) mass is 240 g/mol. The molecule has 0 spiro atoms. The van der Waals surface area contributed by atoms with Gasteiger partial charge in [0, 0.05) is 19.5 Å². The van der Waals surface area contributed by atoms with Crippen LogP contribution in [0.5, 0.6) is 0 Å². The number of hydrogen-bond acceptors (Lipinski definition) is 3. The van der Waals surface area contributed by atoms with Crippen molar-refractivity contribution in [2.75, 3.05) is 18.8 Å².